The molecular weight excluding hydrogens is 488 g/mol. The molecule has 2 saturated heterocycles. The Morgan fingerprint density at radius 1 is 0.974 bits per heavy atom. The van der Waals surface area contributed by atoms with Gasteiger partial charge in [0.2, 0.25) is 0 Å². The first kappa shape index (κ1) is 26.2. The molecule has 208 valence electrons. The van der Waals surface area contributed by atoms with Crippen molar-refractivity contribution in [2.75, 3.05) is 0 Å². The van der Waals surface area contributed by atoms with E-state index in [9.17, 15) is 29.7 Å². The monoisotopic (exact) mass is 528 g/mol. The lowest BCUT2D eigenvalue weighted by molar-refractivity contribution is -0.279. The number of ether oxygens (including phenoxy) is 2. The van der Waals surface area contributed by atoms with Crippen LogP contribution in [-0.4, -0.2) is 62.1 Å². The van der Waals surface area contributed by atoms with E-state index in [0.29, 0.717) is 38.5 Å². The number of rotatable bonds is 2. The summed E-state index contributed by atoms with van der Waals surface area (Å²) in [5.41, 5.74) is -5.88. The van der Waals surface area contributed by atoms with Crippen LogP contribution in [0, 0.1) is 34.0 Å². The van der Waals surface area contributed by atoms with Crippen molar-refractivity contribution in [1.82, 2.24) is 0 Å². The molecule has 3 saturated carbocycles. The van der Waals surface area contributed by atoms with Gasteiger partial charge in [-0.25, -0.2) is 0 Å². The predicted molar refractivity (Wildman–Crippen MR) is 135 cm³/mol. The summed E-state index contributed by atoms with van der Waals surface area (Å²) in [5.74, 6) is -1.72. The Morgan fingerprint density at radius 3 is 2.26 bits per heavy atom. The number of allylic oxidation sites excluding steroid dienone is 2. The zero-order valence-electron chi connectivity index (χ0n) is 23.0. The van der Waals surface area contributed by atoms with E-state index in [2.05, 4.69) is 0 Å². The van der Waals surface area contributed by atoms with E-state index in [4.69, 9.17) is 9.47 Å². The lowest BCUT2D eigenvalue weighted by atomic mass is 9.43. The smallest absolute Gasteiger partial charge is 0.315 e. The second-order valence-corrected chi connectivity index (χ2v) is 13.8. The summed E-state index contributed by atoms with van der Waals surface area (Å²) in [6.45, 7) is 8.62. The summed E-state index contributed by atoms with van der Waals surface area (Å²) in [6.07, 6.45) is 6.85. The fourth-order valence-corrected chi connectivity index (χ4v) is 9.83. The van der Waals surface area contributed by atoms with Crippen LogP contribution in [0.25, 0.3) is 0 Å². The minimum absolute atomic E-state index is 0.0472. The largest absolute Gasteiger partial charge is 0.461 e. The van der Waals surface area contributed by atoms with Crippen molar-refractivity contribution in [1.29, 1.82) is 0 Å². The molecule has 0 amide bonds. The summed E-state index contributed by atoms with van der Waals surface area (Å²) in [6, 6.07) is 0. The van der Waals surface area contributed by atoms with Crippen molar-refractivity contribution in [2.45, 2.75) is 109 Å². The maximum absolute atomic E-state index is 13.4. The molecule has 8 heteroatoms. The van der Waals surface area contributed by atoms with Gasteiger partial charge in [0.05, 0.1) is 27.6 Å². The second kappa shape index (κ2) is 7.58. The van der Waals surface area contributed by atoms with Gasteiger partial charge in [0.15, 0.2) is 5.78 Å². The van der Waals surface area contributed by atoms with Crippen LogP contribution >= 0.6 is 0 Å². The van der Waals surface area contributed by atoms with Crippen molar-refractivity contribution in [3.8, 4) is 0 Å². The molecule has 0 radical (unpaired) electrons. The number of hydrogen-bond donors (Lipinski definition) is 3. The molecule has 2 aliphatic heterocycles. The highest BCUT2D eigenvalue weighted by atomic mass is 16.6. The van der Waals surface area contributed by atoms with Crippen LogP contribution in [0.15, 0.2) is 23.8 Å². The lowest BCUT2D eigenvalue weighted by Gasteiger charge is -2.64. The van der Waals surface area contributed by atoms with Gasteiger partial charge in [-0.1, -0.05) is 13.0 Å². The Bertz CT molecular complexity index is 1190. The molecule has 0 aromatic heterocycles. The zero-order chi connectivity index (χ0) is 27.7. The van der Waals surface area contributed by atoms with Gasteiger partial charge in [-0.15, -0.1) is 0 Å². The fraction of sp³-hybridized carbons (Fsp3) is 0.767. The number of ketones is 1. The minimum Gasteiger partial charge on any atom is -0.461 e. The number of carbonyl (C=O) groups excluding carboxylic acids is 3. The van der Waals surface area contributed by atoms with Crippen LogP contribution in [-0.2, 0) is 23.9 Å². The quantitative estimate of drug-likeness (QED) is 0.369. The van der Waals surface area contributed by atoms with Crippen LogP contribution in [0.2, 0.25) is 0 Å². The Labute approximate surface area is 223 Å². The maximum Gasteiger partial charge on any atom is 0.315 e. The maximum atomic E-state index is 13.4. The van der Waals surface area contributed by atoms with Crippen LogP contribution in [0.3, 0.4) is 0 Å². The summed E-state index contributed by atoms with van der Waals surface area (Å²) >= 11 is 0. The summed E-state index contributed by atoms with van der Waals surface area (Å²) in [7, 11) is 0. The van der Waals surface area contributed by atoms with E-state index in [1.54, 1.807) is 19.9 Å². The number of esters is 2. The molecule has 7 rings (SSSR count). The molecule has 11 atom stereocenters. The average Bonchev–Trinajstić information content (AvgIpc) is 3.04. The van der Waals surface area contributed by atoms with Crippen molar-refractivity contribution in [2.24, 2.45) is 34.0 Å². The first-order valence-corrected chi connectivity index (χ1v) is 14.0. The highest BCUT2D eigenvalue weighted by molar-refractivity contribution is 5.99. The molecule has 0 aromatic carbocycles. The third kappa shape index (κ3) is 2.84. The highest BCUT2D eigenvalue weighted by Crippen LogP contribution is 2.71. The molecule has 2 heterocycles. The zero-order valence-corrected chi connectivity index (χ0v) is 23.0. The molecule has 0 aromatic rings. The van der Waals surface area contributed by atoms with Gasteiger partial charge in [0.1, 0.15) is 12.2 Å². The number of fused-ring (bicyclic) bond motifs is 8. The number of aliphatic hydroxyl groups is 3. The predicted octanol–water partition coefficient (Wildman–Crippen LogP) is 2.77. The second-order valence-electron chi connectivity index (χ2n) is 13.8. The van der Waals surface area contributed by atoms with Gasteiger partial charge in [-0.2, -0.15) is 0 Å². The first-order valence-electron chi connectivity index (χ1n) is 14.0. The highest BCUT2D eigenvalue weighted by Gasteiger charge is 2.76. The molecule has 5 fully saturated rings. The van der Waals surface area contributed by atoms with Crippen molar-refractivity contribution < 1.29 is 39.2 Å². The van der Waals surface area contributed by atoms with Gasteiger partial charge >= 0.3 is 11.9 Å². The van der Waals surface area contributed by atoms with E-state index in [1.165, 1.54) is 13.0 Å². The SMILES string of the molecule is CC(=O)OC1C=CC(=O)C2(C)C1=CCC1C2CCC2(C)C(O)(C3CC4(C)C(=O)OC3CC4(C)O)CCC12O. The molecule has 7 aliphatic rings. The third-order valence-electron chi connectivity index (χ3n) is 12.5. The van der Waals surface area contributed by atoms with E-state index >= 15 is 0 Å². The van der Waals surface area contributed by atoms with Gasteiger partial charge in [-0.05, 0) is 88.9 Å². The summed E-state index contributed by atoms with van der Waals surface area (Å²) < 4.78 is 11.3. The average molecular weight is 529 g/mol. The Balaban J connectivity index is 1.37. The lowest BCUT2D eigenvalue weighted by Crippen LogP contribution is -2.72. The molecule has 38 heavy (non-hydrogen) atoms. The Hall–Kier alpha value is -2.03. The molecule has 0 spiro atoms. The third-order valence-corrected chi connectivity index (χ3v) is 12.5. The van der Waals surface area contributed by atoms with E-state index in [0.717, 1.165) is 5.57 Å². The molecule has 2 bridgehead atoms. The van der Waals surface area contributed by atoms with Crippen molar-refractivity contribution in [3.63, 3.8) is 0 Å². The molecule has 11 unspecified atom stereocenters. The van der Waals surface area contributed by atoms with Crippen LogP contribution in [0.5, 0.6) is 0 Å². The number of hydrogen-bond acceptors (Lipinski definition) is 8. The summed E-state index contributed by atoms with van der Waals surface area (Å²) in [5, 5.41) is 36.2. The van der Waals surface area contributed by atoms with Crippen molar-refractivity contribution >= 4 is 17.7 Å². The Morgan fingerprint density at radius 2 is 1.63 bits per heavy atom. The van der Waals surface area contributed by atoms with Gasteiger partial charge in [0, 0.05) is 24.7 Å². The number of carbonyl (C=O) groups is 3. The van der Waals surface area contributed by atoms with E-state index in [-0.39, 0.29) is 24.0 Å². The standard InChI is InChI=1S/C30H40O8/c1-16(31)37-21-8-9-23(32)28(5)17-10-11-26(3)29(35,18(17)6-7-19(21)28)12-13-30(26,36)20-14-25(2)24(33)38-22(20)15-27(25,4)34/h7-9,17-18,20-22,34-36H,6,10-15H2,1-5H3. The van der Waals surface area contributed by atoms with Crippen LogP contribution < -0.4 is 0 Å². The Kier molecular flexibility index (Phi) is 5.23. The fourth-order valence-electron chi connectivity index (χ4n) is 9.83. The van der Waals surface area contributed by atoms with Crippen LogP contribution in [0.4, 0.5) is 0 Å². The molecular formula is C30H40O8. The molecule has 5 aliphatic carbocycles. The minimum atomic E-state index is -1.29. The molecule has 3 N–H and O–H groups in total. The van der Waals surface area contributed by atoms with Gasteiger partial charge in [0.25, 0.3) is 0 Å². The van der Waals surface area contributed by atoms with Crippen LogP contribution in [0.1, 0.15) is 79.6 Å². The normalized spacial score (nSPS) is 54.9. The first-order chi connectivity index (χ1) is 17.5. The topological polar surface area (TPSA) is 130 Å². The van der Waals surface area contributed by atoms with Gasteiger partial charge in [-0.3, -0.25) is 14.4 Å². The van der Waals surface area contributed by atoms with Crippen molar-refractivity contribution in [3.05, 3.63) is 23.8 Å². The van der Waals surface area contributed by atoms with E-state index < -0.39 is 63.1 Å². The molecule has 8 nitrogen and oxygen atoms in total. The van der Waals surface area contributed by atoms with Gasteiger partial charge < -0.3 is 24.8 Å². The van der Waals surface area contributed by atoms with E-state index in [1.807, 2.05) is 19.9 Å². The summed E-state index contributed by atoms with van der Waals surface area (Å²) in [4.78, 5) is 38.0.